The largest absolute Gasteiger partial charge is 0.468 e. The van der Waals surface area contributed by atoms with Crippen LogP contribution >= 0.6 is 27.7 Å². The molecule has 1 aliphatic rings. The molecule has 4 heteroatoms. The number of methoxy groups -OCH3 is 1. The summed E-state index contributed by atoms with van der Waals surface area (Å²) in [6.45, 7) is 0. The average molecular weight is 287 g/mol. The summed E-state index contributed by atoms with van der Waals surface area (Å²) in [5.74, 6) is -0.101. The molecule has 1 saturated carbocycles. The van der Waals surface area contributed by atoms with E-state index in [1.165, 1.54) is 7.11 Å². The van der Waals surface area contributed by atoms with Crippen molar-refractivity contribution in [3.05, 3.63) is 28.7 Å². The third-order valence-electron chi connectivity index (χ3n) is 2.39. The van der Waals surface area contributed by atoms with Crippen LogP contribution in [0.15, 0.2) is 33.6 Å². The van der Waals surface area contributed by atoms with Crippen molar-refractivity contribution in [3.8, 4) is 0 Å². The molecule has 0 radical (unpaired) electrons. The molecule has 0 saturated heterocycles. The molecule has 0 unspecified atom stereocenters. The average Bonchev–Trinajstić information content (AvgIpc) is 3.01. The van der Waals surface area contributed by atoms with E-state index in [1.54, 1.807) is 11.8 Å². The summed E-state index contributed by atoms with van der Waals surface area (Å²) in [5.41, 5.74) is 0. The van der Waals surface area contributed by atoms with Gasteiger partial charge in [-0.3, -0.25) is 4.79 Å². The van der Waals surface area contributed by atoms with Gasteiger partial charge in [-0.15, -0.1) is 11.8 Å². The Balaban J connectivity index is 2.09. The molecular formula is C11H11BrO2S. The third-order valence-corrected chi connectivity index (χ3v) is 4.39. The van der Waals surface area contributed by atoms with Gasteiger partial charge in [0.15, 0.2) is 0 Å². The Morgan fingerprint density at radius 3 is 2.47 bits per heavy atom. The fourth-order valence-electron chi connectivity index (χ4n) is 1.38. The molecular weight excluding hydrogens is 276 g/mol. The minimum absolute atomic E-state index is 0.101. The molecule has 0 heterocycles. The predicted octanol–water partition coefficient (Wildman–Crippen LogP) is 3.25. The van der Waals surface area contributed by atoms with Gasteiger partial charge in [-0.2, -0.15) is 0 Å². The zero-order valence-corrected chi connectivity index (χ0v) is 10.7. The lowest BCUT2D eigenvalue weighted by Crippen LogP contribution is -2.19. The van der Waals surface area contributed by atoms with Crippen molar-refractivity contribution in [2.75, 3.05) is 7.11 Å². The summed E-state index contributed by atoms with van der Waals surface area (Å²) in [5, 5.41) is 0. The van der Waals surface area contributed by atoms with Crippen LogP contribution in [0.1, 0.15) is 12.8 Å². The molecule has 0 atom stereocenters. The first-order valence-electron chi connectivity index (χ1n) is 4.69. The summed E-state index contributed by atoms with van der Waals surface area (Å²) in [6, 6.07) is 7.99. The number of rotatable bonds is 3. The van der Waals surface area contributed by atoms with Crippen molar-refractivity contribution in [2.24, 2.45) is 0 Å². The number of ether oxygens (including phenoxy) is 1. The van der Waals surface area contributed by atoms with Crippen LogP contribution in [0, 0.1) is 0 Å². The zero-order valence-electron chi connectivity index (χ0n) is 8.33. The molecule has 1 aromatic carbocycles. The maximum Gasteiger partial charge on any atom is 0.322 e. The molecule has 2 nitrogen and oxygen atoms in total. The van der Waals surface area contributed by atoms with E-state index < -0.39 is 0 Å². The number of benzene rings is 1. The summed E-state index contributed by atoms with van der Waals surface area (Å²) < 4.78 is 5.55. The van der Waals surface area contributed by atoms with Gasteiger partial charge < -0.3 is 4.74 Å². The highest BCUT2D eigenvalue weighted by Crippen LogP contribution is 2.52. The normalized spacial score (nSPS) is 17.2. The number of esters is 1. The summed E-state index contributed by atoms with van der Waals surface area (Å²) in [6.07, 6.45) is 1.83. The molecule has 0 bridgehead atoms. The number of hydrogen-bond donors (Lipinski definition) is 0. The van der Waals surface area contributed by atoms with Gasteiger partial charge in [0.1, 0.15) is 4.75 Å². The Hall–Kier alpha value is -0.480. The zero-order chi connectivity index (χ0) is 10.9. The van der Waals surface area contributed by atoms with Gasteiger partial charge in [-0.1, -0.05) is 15.9 Å². The standard InChI is InChI=1S/C11H11BrO2S/c1-14-10(13)11(6-7-11)15-9-4-2-8(12)3-5-9/h2-5H,6-7H2,1H3. The Kier molecular flexibility index (Phi) is 3.07. The second-order valence-corrected chi connectivity index (χ2v) is 5.91. The lowest BCUT2D eigenvalue weighted by atomic mass is 10.4. The van der Waals surface area contributed by atoms with Crippen molar-refractivity contribution in [1.82, 2.24) is 0 Å². The van der Waals surface area contributed by atoms with Gasteiger partial charge in [-0.05, 0) is 37.1 Å². The lowest BCUT2D eigenvalue weighted by molar-refractivity contribution is -0.140. The monoisotopic (exact) mass is 286 g/mol. The number of thioether (sulfide) groups is 1. The van der Waals surface area contributed by atoms with E-state index in [9.17, 15) is 4.79 Å². The first-order chi connectivity index (χ1) is 7.16. The maximum absolute atomic E-state index is 11.5. The van der Waals surface area contributed by atoms with E-state index in [0.717, 1.165) is 22.2 Å². The van der Waals surface area contributed by atoms with Gasteiger partial charge in [-0.25, -0.2) is 0 Å². The summed E-state index contributed by atoms with van der Waals surface area (Å²) >= 11 is 4.99. The smallest absolute Gasteiger partial charge is 0.322 e. The lowest BCUT2D eigenvalue weighted by Gasteiger charge is -2.11. The van der Waals surface area contributed by atoms with Crippen LogP contribution in [0.3, 0.4) is 0 Å². The van der Waals surface area contributed by atoms with Crippen molar-refractivity contribution < 1.29 is 9.53 Å². The first kappa shape index (κ1) is 11.0. The molecule has 0 aliphatic heterocycles. The molecule has 15 heavy (non-hydrogen) atoms. The molecule has 1 aromatic rings. The van der Waals surface area contributed by atoms with Crippen molar-refractivity contribution >= 4 is 33.7 Å². The SMILES string of the molecule is COC(=O)C1(Sc2ccc(Br)cc2)CC1. The topological polar surface area (TPSA) is 26.3 Å². The van der Waals surface area contributed by atoms with Crippen LogP contribution in [-0.4, -0.2) is 17.8 Å². The van der Waals surface area contributed by atoms with Gasteiger partial charge in [0.2, 0.25) is 0 Å². The summed E-state index contributed by atoms with van der Waals surface area (Å²) in [4.78, 5) is 12.6. The van der Waals surface area contributed by atoms with Gasteiger partial charge in [0.25, 0.3) is 0 Å². The van der Waals surface area contributed by atoms with E-state index in [-0.39, 0.29) is 10.7 Å². The van der Waals surface area contributed by atoms with E-state index >= 15 is 0 Å². The van der Waals surface area contributed by atoms with Gasteiger partial charge >= 0.3 is 5.97 Å². The third kappa shape index (κ3) is 2.37. The number of carbonyl (C=O) groups is 1. The Labute approximate surface area is 102 Å². The molecule has 0 aromatic heterocycles. The van der Waals surface area contributed by atoms with Crippen molar-refractivity contribution in [2.45, 2.75) is 22.5 Å². The Morgan fingerprint density at radius 1 is 1.40 bits per heavy atom. The molecule has 80 valence electrons. The number of hydrogen-bond acceptors (Lipinski definition) is 3. The highest BCUT2D eigenvalue weighted by molar-refractivity contribution is 9.10. The molecule has 1 fully saturated rings. The highest BCUT2D eigenvalue weighted by Gasteiger charge is 2.52. The fraction of sp³-hybridized carbons (Fsp3) is 0.364. The molecule has 2 rings (SSSR count). The van der Waals surface area contributed by atoms with E-state index in [2.05, 4.69) is 15.9 Å². The summed E-state index contributed by atoms with van der Waals surface area (Å²) in [7, 11) is 1.45. The molecule has 0 amide bonds. The Morgan fingerprint density at radius 2 is 2.00 bits per heavy atom. The molecule has 0 N–H and O–H groups in total. The maximum atomic E-state index is 11.5. The molecule has 1 aliphatic carbocycles. The second-order valence-electron chi connectivity index (χ2n) is 3.54. The van der Waals surface area contributed by atoms with Crippen LogP contribution in [0.25, 0.3) is 0 Å². The number of halogens is 1. The van der Waals surface area contributed by atoms with E-state index in [0.29, 0.717) is 0 Å². The number of carbonyl (C=O) groups excluding carboxylic acids is 1. The predicted molar refractivity (Wildman–Crippen MR) is 64.0 cm³/mol. The van der Waals surface area contributed by atoms with Gasteiger partial charge in [0, 0.05) is 9.37 Å². The minimum Gasteiger partial charge on any atom is -0.468 e. The van der Waals surface area contributed by atoms with Crippen LogP contribution in [0.4, 0.5) is 0 Å². The van der Waals surface area contributed by atoms with Crippen molar-refractivity contribution in [3.63, 3.8) is 0 Å². The van der Waals surface area contributed by atoms with Gasteiger partial charge in [0.05, 0.1) is 7.11 Å². The van der Waals surface area contributed by atoms with E-state index in [1.807, 2.05) is 24.3 Å². The van der Waals surface area contributed by atoms with E-state index in [4.69, 9.17) is 4.74 Å². The second kappa shape index (κ2) is 4.18. The van der Waals surface area contributed by atoms with Crippen LogP contribution < -0.4 is 0 Å². The minimum atomic E-state index is -0.303. The quantitative estimate of drug-likeness (QED) is 0.798. The van der Waals surface area contributed by atoms with Crippen LogP contribution in [-0.2, 0) is 9.53 Å². The van der Waals surface area contributed by atoms with Crippen LogP contribution in [0.5, 0.6) is 0 Å². The van der Waals surface area contributed by atoms with Crippen LogP contribution in [0.2, 0.25) is 0 Å². The van der Waals surface area contributed by atoms with Crippen molar-refractivity contribution in [1.29, 1.82) is 0 Å². The fourth-order valence-corrected chi connectivity index (χ4v) is 2.84. The highest BCUT2D eigenvalue weighted by atomic mass is 79.9. The molecule has 0 spiro atoms. The Bertz CT molecular complexity index is 371. The first-order valence-corrected chi connectivity index (χ1v) is 6.30.